The average Bonchev–Trinajstić information content (AvgIpc) is 1.95. The van der Waals surface area contributed by atoms with Crippen molar-refractivity contribution >= 4 is 11.6 Å². The summed E-state index contributed by atoms with van der Waals surface area (Å²) >= 11 is 0. The van der Waals surface area contributed by atoms with E-state index in [0.29, 0.717) is 12.0 Å². The second-order valence-electron chi connectivity index (χ2n) is 2.42. The zero-order chi connectivity index (χ0) is 7.56. The molecule has 0 saturated heterocycles. The van der Waals surface area contributed by atoms with Crippen LogP contribution in [-0.2, 0) is 9.59 Å². The number of ketones is 2. The topological polar surface area (TPSA) is 34.1 Å². The maximum Gasteiger partial charge on any atom is 0.224 e. The molecule has 0 atom stereocenters. The van der Waals surface area contributed by atoms with Crippen molar-refractivity contribution in [1.29, 1.82) is 0 Å². The van der Waals surface area contributed by atoms with Crippen LogP contribution in [0.1, 0.15) is 26.2 Å². The summed E-state index contributed by atoms with van der Waals surface area (Å²) in [6, 6.07) is 0. The van der Waals surface area contributed by atoms with E-state index in [1.807, 2.05) is 0 Å². The highest BCUT2D eigenvalue weighted by Crippen LogP contribution is 2.16. The minimum absolute atomic E-state index is 0.223. The van der Waals surface area contributed by atoms with Crippen LogP contribution in [0.2, 0.25) is 0 Å². The molecule has 0 aromatic carbocycles. The van der Waals surface area contributed by atoms with Crippen LogP contribution in [0.4, 0.5) is 0 Å². The van der Waals surface area contributed by atoms with Gasteiger partial charge in [-0.1, -0.05) is 6.08 Å². The van der Waals surface area contributed by atoms with E-state index >= 15 is 0 Å². The molecule has 1 fully saturated rings. The van der Waals surface area contributed by atoms with Crippen LogP contribution < -0.4 is 0 Å². The number of hydrogen-bond donors (Lipinski definition) is 0. The SMILES string of the molecule is C/C=C1\CCCC(=O)C1=O. The summed E-state index contributed by atoms with van der Waals surface area (Å²) in [6.07, 6.45) is 3.79. The lowest BCUT2D eigenvalue weighted by atomic mass is 9.92. The van der Waals surface area contributed by atoms with Gasteiger partial charge < -0.3 is 0 Å². The first-order chi connectivity index (χ1) is 4.75. The molecule has 0 radical (unpaired) electrons. The van der Waals surface area contributed by atoms with Crippen molar-refractivity contribution in [3.63, 3.8) is 0 Å². The largest absolute Gasteiger partial charge is 0.291 e. The molecule has 0 aromatic rings. The molecular formula is C8H10O2. The molecule has 0 aromatic heterocycles. The maximum absolute atomic E-state index is 10.9. The van der Waals surface area contributed by atoms with Crippen LogP contribution in [0.3, 0.4) is 0 Å². The third-order valence-electron chi connectivity index (χ3n) is 1.74. The van der Waals surface area contributed by atoms with Gasteiger partial charge >= 0.3 is 0 Å². The molecule has 1 rings (SSSR count). The zero-order valence-corrected chi connectivity index (χ0v) is 6.02. The monoisotopic (exact) mass is 138 g/mol. The minimum Gasteiger partial charge on any atom is -0.291 e. The van der Waals surface area contributed by atoms with Crippen molar-refractivity contribution in [3.05, 3.63) is 11.6 Å². The summed E-state index contributed by atoms with van der Waals surface area (Å²) in [5.74, 6) is -0.492. The van der Waals surface area contributed by atoms with Crippen LogP contribution in [0.15, 0.2) is 11.6 Å². The number of hydrogen-bond acceptors (Lipinski definition) is 2. The molecule has 0 amide bonds. The van der Waals surface area contributed by atoms with Crippen LogP contribution >= 0.6 is 0 Å². The van der Waals surface area contributed by atoms with Gasteiger partial charge in [0.1, 0.15) is 0 Å². The summed E-state index contributed by atoms with van der Waals surface area (Å²) < 4.78 is 0. The molecule has 2 heteroatoms. The summed E-state index contributed by atoms with van der Waals surface area (Å²) in [5.41, 5.74) is 0.691. The number of carbonyl (C=O) groups excluding carboxylic acids is 2. The third-order valence-corrected chi connectivity index (χ3v) is 1.74. The minimum atomic E-state index is -0.270. The molecule has 10 heavy (non-hydrogen) atoms. The third kappa shape index (κ3) is 1.15. The Morgan fingerprint density at radius 1 is 1.30 bits per heavy atom. The number of Topliss-reactive ketones (excluding diaryl/α,β-unsaturated/α-hetero) is 2. The highest BCUT2D eigenvalue weighted by atomic mass is 16.2. The van der Waals surface area contributed by atoms with Gasteiger partial charge in [-0.05, 0) is 25.3 Å². The van der Waals surface area contributed by atoms with Gasteiger partial charge in [0, 0.05) is 6.42 Å². The first-order valence-electron chi connectivity index (χ1n) is 3.48. The van der Waals surface area contributed by atoms with Crippen molar-refractivity contribution in [2.24, 2.45) is 0 Å². The quantitative estimate of drug-likeness (QED) is 0.373. The fourth-order valence-corrected chi connectivity index (χ4v) is 1.12. The first kappa shape index (κ1) is 7.19. The molecule has 1 aliphatic carbocycles. The van der Waals surface area contributed by atoms with E-state index < -0.39 is 0 Å². The van der Waals surface area contributed by atoms with Crippen molar-refractivity contribution in [2.45, 2.75) is 26.2 Å². The molecule has 0 unspecified atom stereocenters. The van der Waals surface area contributed by atoms with Gasteiger partial charge in [-0.2, -0.15) is 0 Å². The highest BCUT2D eigenvalue weighted by molar-refractivity contribution is 6.44. The number of carbonyl (C=O) groups is 2. The average molecular weight is 138 g/mol. The van der Waals surface area contributed by atoms with Crippen molar-refractivity contribution in [3.8, 4) is 0 Å². The Morgan fingerprint density at radius 2 is 2.00 bits per heavy atom. The Hall–Kier alpha value is -0.920. The Balaban J connectivity index is 2.79. The predicted molar refractivity (Wildman–Crippen MR) is 37.6 cm³/mol. The van der Waals surface area contributed by atoms with E-state index in [9.17, 15) is 9.59 Å². The summed E-state index contributed by atoms with van der Waals surface area (Å²) in [5, 5.41) is 0. The van der Waals surface area contributed by atoms with E-state index in [4.69, 9.17) is 0 Å². The second-order valence-corrected chi connectivity index (χ2v) is 2.42. The van der Waals surface area contributed by atoms with Gasteiger partial charge in [0.25, 0.3) is 0 Å². The van der Waals surface area contributed by atoms with E-state index in [1.54, 1.807) is 13.0 Å². The molecule has 0 heterocycles. The number of rotatable bonds is 0. The van der Waals surface area contributed by atoms with E-state index in [-0.39, 0.29) is 11.6 Å². The van der Waals surface area contributed by atoms with E-state index in [0.717, 1.165) is 12.8 Å². The molecular weight excluding hydrogens is 128 g/mol. The zero-order valence-electron chi connectivity index (χ0n) is 6.02. The smallest absolute Gasteiger partial charge is 0.224 e. The van der Waals surface area contributed by atoms with E-state index in [2.05, 4.69) is 0 Å². The van der Waals surface area contributed by atoms with Crippen molar-refractivity contribution < 1.29 is 9.59 Å². The molecule has 1 saturated carbocycles. The highest BCUT2D eigenvalue weighted by Gasteiger charge is 2.22. The standard InChI is InChI=1S/C8H10O2/c1-2-6-4-3-5-7(9)8(6)10/h2H,3-5H2,1H3/b6-2+. The molecule has 0 spiro atoms. The molecule has 0 N–H and O–H groups in total. The van der Waals surface area contributed by atoms with Gasteiger partial charge in [0.15, 0.2) is 0 Å². The van der Waals surface area contributed by atoms with Gasteiger partial charge in [0.05, 0.1) is 0 Å². The molecule has 1 aliphatic rings. The van der Waals surface area contributed by atoms with Crippen LogP contribution in [-0.4, -0.2) is 11.6 Å². The molecule has 0 aliphatic heterocycles. The summed E-state index contributed by atoms with van der Waals surface area (Å²) in [4.78, 5) is 21.7. The fourth-order valence-electron chi connectivity index (χ4n) is 1.12. The van der Waals surface area contributed by atoms with Crippen LogP contribution in [0.25, 0.3) is 0 Å². The number of allylic oxidation sites excluding steroid dienone is 2. The lowest BCUT2D eigenvalue weighted by Gasteiger charge is -2.09. The molecule has 54 valence electrons. The lowest BCUT2D eigenvalue weighted by molar-refractivity contribution is -0.135. The van der Waals surface area contributed by atoms with E-state index in [1.165, 1.54) is 0 Å². The summed E-state index contributed by atoms with van der Waals surface area (Å²) in [6.45, 7) is 1.80. The first-order valence-corrected chi connectivity index (χ1v) is 3.48. The van der Waals surface area contributed by atoms with Gasteiger partial charge in [-0.15, -0.1) is 0 Å². The van der Waals surface area contributed by atoms with Crippen molar-refractivity contribution in [2.75, 3.05) is 0 Å². The van der Waals surface area contributed by atoms with Gasteiger partial charge in [0.2, 0.25) is 11.6 Å². The molecule has 2 nitrogen and oxygen atoms in total. The maximum atomic E-state index is 10.9. The fraction of sp³-hybridized carbons (Fsp3) is 0.500. The summed E-state index contributed by atoms with van der Waals surface area (Å²) in [7, 11) is 0. The second kappa shape index (κ2) is 2.78. The Morgan fingerprint density at radius 3 is 2.50 bits per heavy atom. The predicted octanol–water partition coefficient (Wildman–Crippen LogP) is 1.25. The Bertz CT molecular complexity index is 201. The van der Waals surface area contributed by atoms with Gasteiger partial charge in [-0.25, -0.2) is 0 Å². The Kier molecular flexibility index (Phi) is 2.00. The normalized spacial score (nSPS) is 23.9. The van der Waals surface area contributed by atoms with Crippen LogP contribution in [0.5, 0.6) is 0 Å². The van der Waals surface area contributed by atoms with Crippen LogP contribution in [0, 0.1) is 0 Å². The lowest BCUT2D eigenvalue weighted by Crippen LogP contribution is -2.20. The van der Waals surface area contributed by atoms with Gasteiger partial charge in [-0.3, -0.25) is 9.59 Å². The Labute approximate surface area is 59.9 Å². The van der Waals surface area contributed by atoms with Crippen molar-refractivity contribution in [1.82, 2.24) is 0 Å². The molecule has 0 bridgehead atoms.